The largest absolute Gasteiger partial charge is 0.354 e. The summed E-state index contributed by atoms with van der Waals surface area (Å²) in [5, 5.41) is 4.92. The molecule has 178 valence electrons. The number of fused-ring (bicyclic) bond motifs is 1. The highest BCUT2D eigenvalue weighted by molar-refractivity contribution is 7.89. The Kier molecular flexibility index (Phi) is 6.71. The second-order valence-electron chi connectivity index (χ2n) is 9.19. The number of nitrogens with one attached hydrogen (secondary N) is 1. The van der Waals surface area contributed by atoms with Gasteiger partial charge < -0.3 is 10.2 Å². The average molecular weight is 492 g/mol. The van der Waals surface area contributed by atoms with Crippen molar-refractivity contribution in [3.05, 3.63) is 41.4 Å². The summed E-state index contributed by atoms with van der Waals surface area (Å²) in [7, 11) is -2.55. The highest BCUT2D eigenvalue weighted by Crippen LogP contribution is 2.32. The van der Waals surface area contributed by atoms with E-state index in [0.717, 1.165) is 34.3 Å². The highest BCUT2D eigenvalue weighted by Gasteiger charge is 2.47. The molecule has 2 aromatic carbocycles. The molecule has 4 atom stereocenters. The number of benzene rings is 2. The maximum Gasteiger partial charge on any atom is 0.243 e. The van der Waals surface area contributed by atoms with Gasteiger partial charge >= 0.3 is 0 Å². The Balaban J connectivity index is 1.61. The summed E-state index contributed by atoms with van der Waals surface area (Å²) < 4.78 is 28.1. The quantitative estimate of drug-likeness (QED) is 0.695. The highest BCUT2D eigenvalue weighted by atomic mass is 35.5. The van der Waals surface area contributed by atoms with Crippen molar-refractivity contribution in [2.45, 2.75) is 50.1 Å². The van der Waals surface area contributed by atoms with Gasteiger partial charge in [0.05, 0.1) is 4.90 Å². The molecular weight excluding hydrogens is 462 g/mol. The summed E-state index contributed by atoms with van der Waals surface area (Å²) in [4.78, 5) is 28.0. The van der Waals surface area contributed by atoms with E-state index < -0.39 is 27.9 Å². The molecule has 9 heteroatoms. The molecule has 0 saturated carbocycles. The van der Waals surface area contributed by atoms with Crippen LogP contribution in [-0.4, -0.2) is 61.7 Å². The zero-order chi connectivity index (χ0) is 23.9. The van der Waals surface area contributed by atoms with Crippen LogP contribution in [0.25, 0.3) is 10.8 Å². The van der Waals surface area contributed by atoms with Crippen molar-refractivity contribution in [1.29, 1.82) is 0 Å². The molecule has 4 rings (SSSR count). The van der Waals surface area contributed by atoms with E-state index in [1.54, 1.807) is 30.3 Å². The fraction of sp³-hybridized carbons (Fsp3) is 0.500. The first-order chi connectivity index (χ1) is 15.6. The van der Waals surface area contributed by atoms with Crippen molar-refractivity contribution in [2.24, 2.45) is 11.8 Å². The Morgan fingerprint density at radius 1 is 1.18 bits per heavy atom. The van der Waals surface area contributed by atoms with Gasteiger partial charge in [-0.25, -0.2) is 8.42 Å². The maximum atomic E-state index is 13.5. The predicted octanol–water partition coefficient (Wildman–Crippen LogP) is 3.27. The molecule has 0 bridgehead atoms. The van der Waals surface area contributed by atoms with E-state index in [1.165, 1.54) is 13.1 Å². The summed E-state index contributed by atoms with van der Waals surface area (Å²) in [5.41, 5.74) is 0. The Morgan fingerprint density at radius 2 is 1.88 bits per heavy atom. The van der Waals surface area contributed by atoms with E-state index in [4.69, 9.17) is 11.6 Å². The molecule has 0 aliphatic carbocycles. The van der Waals surface area contributed by atoms with Crippen LogP contribution in [0.5, 0.6) is 0 Å². The number of nitrogens with zero attached hydrogens (tertiary/aromatic N) is 2. The average Bonchev–Trinajstić information content (AvgIpc) is 3.18. The molecule has 1 N–H and O–H groups in total. The van der Waals surface area contributed by atoms with Gasteiger partial charge in [0.25, 0.3) is 0 Å². The second kappa shape index (κ2) is 9.24. The van der Waals surface area contributed by atoms with E-state index in [0.29, 0.717) is 11.6 Å². The Hall–Kier alpha value is -2.16. The zero-order valence-corrected chi connectivity index (χ0v) is 20.7. The molecule has 1 unspecified atom stereocenters. The van der Waals surface area contributed by atoms with Crippen LogP contribution >= 0.6 is 11.6 Å². The van der Waals surface area contributed by atoms with Gasteiger partial charge in [-0.2, -0.15) is 4.31 Å². The SMILES string of the molecule is C[C@@H]1CCCCN1C(=O)[C@H](C)C1CNC(=O)[C@@H]1N(C)S(=O)(=O)c1ccc2cc(Cl)ccc2c1. The lowest BCUT2D eigenvalue weighted by Gasteiger charge is -2.37. The van der Waals surface area contributed by atoms with Crippen LogP contribution in [-0.2, 0) is 19.6 Å². The van der Waals surface area contributed by atoms with Crippen molar-refractivity contribution in [1.82, 2.24) is 14.5 Å². The third-order valence-electron chi connectivity index (χ3n) is 7.15. The Labute approximate surface area is 200 Å². The summed E-state index contributed by atoms with van der Waals surface area (Å²) in [6.07, 6.45) is 3.03. The first kappa shape index (κ1) is 24.0. The van der Waals surface area contributed by atoms with Crippen LogP contribution < -0.4 is 5.32 Å². The first-order valence-electron chi connectivity index (χ1n) is 11.4. The van der Waals surface area contributed by atoms with Crippen LogP contribution in [0.4, 0.5) is 0 Å². The lowest BCUT2D eigenvalue weighted by atomic mass is 9.87. The molecule has 2 amide bonds. The number of piperidine rings is 1. The van der Waals surface area contributed by atoms with E-state index in [1.807, 2.05) is 18.7 Å². The molecule has 2 aromatic rings. The number of hydrogen-bond donors (Lipinski definition) is 1. The molecule has 7 nitrogen and oxygen atoms in total. The summed E-state index contributed by atoms with van der Waals surface area (Å²) >= 11 is 6.04. The number of likely N-dealkylation sites (tertiary alicyclic amines) is 1. The monoisotopic (exact) mass is 491 g/mol. The van der Waals surface area contributed by atoms with Crippen molar-refractivity contribution >= 4 is 44.2 Å². The summed E-state index contributed by atoms with van der Waals surface area (Å²) in [6, 6.07) is 9.27. The van der Waals surface area contributed by atoms with E-state index in [9.17, 15) is 18.0 Å². The smallest absolute Gasteiger partial charge is 0.243 e. The predicted molar refractivity (Wildman–Crippen MR) is 128 cm³/mol. The number of rotatable bonds is 5. The van der Waals surface area contributed by atoms with Gasteiger partial charge in [-0.15, -0.1) is 0 Å². The fourth-order valence-electron chi connectivity index (χ4n) is 5.06. The Morgan fingerprint density at radius 3 is 2.61 bits per heavy atom. The molecule has 2 heterocycles. The number of halogens is 1. The van der Waals surface area contributed by atoms with Crippen LogP contribution in [0.1, 0.15) is 33.1 Å². The van der Waals surface area contributed by atoms with Crippen molar-refractivity contribution in [2.75, 3.05) is 20.1 Å². The van der Waals surface area contributed by atoms with Gasteiger partial charge in [0.2, 0.25) is 21.8 Å². The number of amides is 2. The summed E-state index contributed by atoms with van der Waals surface area (Å²) in [5.74, 6) is -1.31. The lowest BCUT2D eigenvalue weighted by molar-refractivity contribution is -0.140. The van der Waals surface area contributed by atoms with Gasteiger partial charge in [-0.3, -0.25) is 9.59 Å². The zero-order valence-electron chi connectivity index (χ0n) is 19.1. The van der Waals surface area contributed by atoms with E-state index in [-0.39, 0.29) is 29.3 Å². The van der Waals surface area contributed by atoms with Crippen LogP contribution in [0.15, 0.2) is 41.3 Å². The van der Waals surface area contributed by atoms with E-state index >= 15 is 0 Å². The molecule has 33 heavy (non-hydrogen) atoms. The number of carbonyl (C=O) groups excluding carboxylic acids is 2. The standard InChI is InChI=1S/C24H30ClN3O4S/c1-15-6-4-5-11-28(15)24(30)16(2)21-14-26-23(29)22(21)27(3)33(31,32)20-10-8-17-12-19(25)9-7-18(17)13-20/h7-10,12-13,15-16,21-22H,4-6,11,14H2,1-3H3,(H,26,29)/t15-,16-,21?,22-/m1/s1. The molecule has 2 aliphatic rings. The van der Waals surface area contributed by atoms with Gasteiger partial charge in [-0.05, 0) is 61.2 Å². The van der Waals surface area contributed by atoms with Gasteiger partial charge in [-0.1, -0.05) is 30.7 Å². The number of hydrogen-bond acceptors (Lipinski definition) is 4. The number of carbonyl (C=O) groups is 2. The van der Waals surface area contributed by atoms with E-state index in [2.05, 4.69) is 5.32 Å². The lowest BCUT2D eigenvalue weighted by Crippen LogP contribution is -2.51. The topological polar surface area (TPSA) is 86.8 Å². The molecular formula is C24H30ClN3O4S. The van der Waals surface area contributed by atoms with Crippen molar-refractivity contribution in [3.63, 3.8) is 0 Å². The molecule has 2 saturated heterocycles. The van der Waals surface area contributed by atoms with Gasteiger partial charge in [0.15, 0.2) is 0 Å². The minimum Gasteiger partial charge on any atom is -0.354 e. The van der Waals surface area contributed by atoms with Crippen molar-refractivity contribution < 1.29 is 18.0 Å². The molecule has 2 fully saturated rings. The van der Waals surface area contributed by atoms with Crippen LogP contribution in [0.2, 0.25) is 5.02 Å². The second-order valence-corrected chi connectivity index (χ2v) is 11.6. The maximum absolute atomic E-state index is 13.5. The van der Waals surface area contributed by atoms with Gasteiger partial charge in [0, 0.05) is 43.0 Å². The molecule has 0 radical (unpaired) electrons. The molecule has 0 aromatic heterocycles. The number of likely N-dealkylation sites (N-methyl/N-ethyl adjacent to an activating group) is 1. The third kappa shape index (κ3) is 4.48. The molecule has 0 spiro atoms. The fourth-order valence-corrected chi connectivity index (χ4v) is 6.64. The van der Waals surface area contributed by atoms with Crippen LogP contribution in [0.3, 0.4) is 0 Å². The summed E-state index contributed by atoms with van der Waals surface area (Å²) in [6.45, 7) is 4.83. The van der Waals surface area contributed by atoms with Crippen molar-refractivity contribution in [3.8, 4) is 0 Å². The van der Waals surface area contributed by atoms with Gasteiger partial charge in [0.1, 0.15) is 6.04 Å². The normalized spacial score (nSPS) is 24.8. The third-order valence-corrected chi connectivity index (χ3v) is 9.22. The van der Waals surface area contributed by atoms with Crippen LogP contribution in [0, 0.1) is 11.8 Å². The first-order valence-corrected chi connectivity index (χ1v) is 13.2. The number of sulfonamides is 1. The minimum atomic E-state index is -3.97. The minimum absolute atomic E-state index is 0.0120. The molecule has 2 aliphatic heterocycles. The Bertz CT molecular complexity index is 1190.